The molecule has 6 heteroatoms. The third-order valence-electron chi connectivity index (χ3n) is 2.76. The predicted octanol–water partition coefficient (Wildman–Crippen LogP) is 1.23. The first-order chi connectivity index (χ1) is 8.76. The lowest BCUT2D eigenvalue weighted by atomic mass is 10.2. The zero-order valence-electron chi connectivity index (χ0n) is 10.00. The van der Waals surface area contributed by atoms with Crippen LogP contribution in [0.3, 0.4) is 0 Å². The number of hydrogen-bond acceptors (Lipinski definition) is 5. The minimum Gasteiger partial charge on any atom is -0.439 e. The average molecular weight is 243 g/mol. The van der Waals surface area contributed by atoms with E-state index in [0.717, 1.165) is 22.4 Å². The lowest BCUT2D eigenvalue weighted by Gasteiger charge is -1.93. The van der Waals surface area contributed by atoms with Crippen LogP contribution < -0.4 is 5.73 Å². The second kappa shape index (κ2) is 4.23. The number of oxazole rings is 1. The summed E-state index contributed by atoms with van der Waals surface area (Å²) in [4.78, 5) is 4.46. The van der Waals surface area contributed by atoms with Crippen molar-refractivity contribution in [1.29, 1.82) is 0 Å². The molecule has 1 aromatic carbocycles. The average Bonchev–Trinajstić information content (AvgIpc) is 2.96. The van der Waals surface area contributed by atoms with Gasteiger partial charge in [-0.2, -0.15) is 0 Å². The van der Waals surface area contributed by atoms with Crippen LogP contribution in [-0.4, -0.2) is 20.0 Å². The van der Waals surface area contributed by atoms with E-state index < -0.39 is 0 Å². The molecule has 0 aliphatic carbocycles. The number of rotatable bonds is 3. The number of nitrogens with two attached hydrogens (primary N) is 1. The van der Waals surface area contributed by atoms with Crippen LogP contribution in [0.25, 0.3) is 11.1 Å². The van der Waals surface area contributed by atoms with Crippen molar-refractivity contribution in [1.82, 2.24) is 20.0 Å². The molecule has 0 radical (unpaired) electrons. The fraction of sp³-hybridized carbons (Fsp3) is 0.250. The van der Waals surface area contributed by atoms with Crippen LogP contribution in [0.5, 0.6) is 0 Å². The second-order valence-corrected chi connectivity index (χ2v) is 4.14. The number of fused-ring (bicyclic) bond motifs is 1. The van der Waals surface area contributed by atoms with Gasteiger partial charge >= 0.3 is 0 Å². The molecule has 0 aliphatic rings. The van der Waals surface area contributed by atoms with E-state index in [-0.39, 0.29) is 0 Å². The van der Waals surface area contributed by atoms with E-state index in [1.807, 2.05) is 25.1 Å². The van der Waals surface area contributed by atoms with Crippen molar-refractivity contribution < 1.29 is 4.42 Å². The summed E-state index contributed by atoms with van der Waals surface area (Å²) >= 11 is 0. The maximum absolute atomic E-state index is 5.66. The Labute approximate surface area is 103 Å². The molecule has 2 heterocycles. The molecular weight excluding hydrogens is 230 g/mol. The lowest BCUT2D eigenvalue weighted by molar-refractivity contribution is 0.485. The summed E-state index contributed by atoms with van der Waals surface area (Å²) in [6, 6.07) is 5.87. The van der Waals surface area contributed by atoms with Crippen molar-refractivity contribution in [3.63, 3.8) is 0 Å². The predicted molar refractivity (Wildman–Crippen MR) is 65.8 cm³/mol. The quantitative estimate of drug-likeness (QED) is 0.748. The highest BCUT2D eigenvalue weighted by Gasteiger charge is 2.09. The minimum atomic E-state index is 0.382. The highest BCUT2D eigenvalue weighted by Crippen LogP contribution is 2.19. The van der Waals surface area contributed by atoms with Crippen molar-refractivity contribution >= 4 is 11.1 Å². The van der Waals surface area contributed by atoms with Crippen LogP contribution in [0.15, 0.2) is 28.8 Å². The van der Waals surface area contributed by atoms with Crippen molar-refractivity contribution in [2.45, 2.75) is 20.0 Å². The third-order valence-corrected chi connectivity index (χ3v) is 2.76. The number of benzene rings is 1. The summed E-state index contributed by atoms with van der Waals surface area (Å²) in [7, 11) is 0. The summed E-state index contributed by atoms with van der Waals surface area (Å²) in [6.45, 7) is 2.85. The van der Waals surface area contributed by atoms with Gasteiger partial charge in [0.15, 0.2) is 5.58 Å². The molecule has 92 valence electrons. The van der Waals surface area contributed by atoms with E-state index >= 15 is 0 Å². The lowest BCUT2D eigenvalue weighted by Crippen LogP contribution is -2.00. The Morgan fingerprint density at radius 1 is 1.39 bits per heavy atom. The minimum absolute atomic E-state index is 0.382. The fourth-order valence-corrected chi connectivity index (χ4v) is 1.85. The first-order valence-electron chi connectivity index (χ1n) is 5.70. The molecule has 0 amide bonds. The Bertz CT molecular complexity index is 685. The van der Waals surface area contributed by atoms with Crippen LogP contribution >= 0.6 is 0 Å². The summed E-state index contributed by atoms with van der Waals surface area (Å²) in [5.74, 6) is 0.618. The number of aryl methyl sites for hydroxylation is 1. The highest BCUT2D eigenvalue weighted by molar-refractivity contribution is 5.76. The molecule has 0 bridgehead atoms. The molecule has 18 heavy (non-hydrogen) atoms. The molecule has 6 nitrogen and oxygen atoms in total. The zero-order valence-corrected chi connectivity index (χ0v) is 10.00. The number of hydrogen-bond donors (Lipinski definition) is 1. The first-order valence-corrected chi connectivity index (χ1v) is 5.70. The van der Waals surface area contributed by atoms with Gasteiger partial charge in [-0.05, 0) is 18.6 Å². The van der Waals surface area contributed by atoms with Crippen LogP contribution in [-0.2, 0) is 13.1 Å². The molecule has 2 N–H and O–H groups in total. The standard InChI is InChI=1S/C12H13N5O/c1-8-3-2-4-10-12(8)14-11(18-10)7-17-6-9(5-13)15-16-17/h2-4,6H,5,7,13H2,1H3. The van der Waals surface area contributed by atoms with Crippen LogP contribution in [0.4, 0.5) is 0 Å². The SMILES string of the molecule is Cc1cccc2oc(Cn3cc(CN)nn3)nc12. The van der Waals surface area contributed by atoms with Gasteiger partial charge in [-0.25, -0.2) is 9.67 Å². The summed E-state index contributed by atoms with van der Waals surface area (Å²) in [6.07, 6.45) is 1.79. The van der Waals surface area contributed by atoms with Gasteiger partial charge in [0.05, 0.1) is 11.9 Å². The summed E-state index contributed by atoms with van der Waals surface area (Å²) < 4.78 is 7.33. The topological polar surface area (TPSA) is 82.8 Å². The fourth-order valence-electron chi connectivity index (χ4n) is 1.85. The number of aromatic nitrogens is 4. The van der Waals surface area contributed by atoms with Crippen LogP contribution in [0.1, 0.15) is 17.1 Å². The Kier molecular flexibility index (Phi) is 2.56. The van der Waals surface area contributed by atoms with Gasteiger partial charge < -0.3 is 10.2 Å². The van der Waals surface area contributed by atoms with Gasteiger partial charge in [-0.1, -0.05) is 17.3 Å². The molecule has 2 aromatic heterocycles. The van der Waals surface area contributed by atoms with Crippen molar-refractivity contribution in [3.05, 3.63) is 41.5 Å². The maximum Gasteiger partial charge on any atom is 0.217 e. The Morgan fingerprint density at radius 3 is 3.00 bits per heavy atom. The molecule has 0 atom stereocenters. The van der Waals surface area contributed by atoms with E-state index in [4.69, 9.17) is 10.2 Å². The van der Waals surface area contributed by atoms with Gasteiger partial charge in [0.1, 0.15) is 12.1 Å². The highest BCUT2D eigenvalue weighted by atomic mass is 16.3. The monoisotopic (exact) mass is 243 g/mol. The Balaban J connectivity index is 1.93. The Morgan fingerprint density at radius 2 is 2.28 bits per heavy atom. The molecule has 0 saturated heterocycles. The van der Waals surface area contributed by atoms with Gasteiger partial charge in [-0.3, -0.25) is 0 Å². The number of para-hydroxylation sites is 1. The zero-order chi connectivity index (χ0) is 12.5. The van der Waals surface area contributed by atoms with Crippen LogP contribution in [0, 0.1) is 6.92 Å². The molecule has 3 rings (SSSR count). The van der Waals surface area contributed by atoms with E-state index in [2.05, 4.69) is 15.3 Å². The molecule has 0 fully saturated rings. The van der Waals surface area contributed by atoms with Crippen molar-refractivity contribution in [2.75, 3.05) is 0 Å². The summed E-state index contributed by atoms with van der Waals surface area (Å²) in [5, 5.41) is 7.88. The van der Waals surface area contributed by atoms with E-state index in [1.54, 1.807) is 10.9 Å². The molecule has 0 saturated carbocycles. The van der Waals surface area contributed by atoms with Gasteiger partial charge in [0.25, 0.3) is 0 Å². The largest absolute Gasteiger partial charge is 0.439 e. The maximum atomic E-state index is 5.66. The van der Waals surface area contributed by atoms with E-state index in [9.17, 15) is 0 Å². The van der Waals surface area contributed by atoms with E-state index in [0.29, 0.717) is 19.0 Å². The second-order valence-electron chi connectivity index (χ2n) is 4.14. The number of nitrogens with zero attached hydrogens (tertiary/aromatic N) is 4. The third kappa shape index (κ3) is 1.86. The van der Waals surface area contributed by atoms with Crippen molar-refractivity contribution in [2.24, 2.45) is 5.73 Å². The van der Waals surface area contributed by atoms with Crippen LogP contribution in [0.2, 0.25) is 0 Å². The van der Waals surface area contributed by atoms with Gasteiger partial charge in [0, 0.05) is 6.54 Å². The smallest absolute Gasteiger partial charge is 0.217 e. The first kappa shape index (κ1) is 10.9. The van der Waals surface area contributed by atoms with Crippen molar-refractivity contribution in [3.8, 4) is 0 Å². The molecule has 0 aliphatic heterocycles. The normalized spacial score (nSPS) is 11.2. The molecule has 0 spiro atoms. The molecular formula is C12H13N5O. The Hall–Kier alpha value is -2.21. The van der Waals surface area contributed by atoms with Gasteiger partial charge in [0.2, 0.25) is 5.89 Å². The van der Waals surface area contributed by atoms with Gasteiger partial charge in [-0.15, -0.1) is 5.10 Å². The molecule has 3 aromatic rings. The molecule has 0 unspecified atom stereocenters. The van der Waals surface area contributed by atoms with E-state index in [1.165, 1.54) is 0 Å². The summed E-state index contributed by atoms with van der Waals surface area (Å²) in [5.41, 5.74) is 9.03.